The number of nitrogens with one attached hydrogen (secondary N) is 1. The van der Waals surface area contributed by atoms with E-state index in [9.17, 15) is 22.4 Å². The molecular weight excluding hydrogens is 517 g/mol. The van der Waals surface area contributed by atoms with Gasteiger partial charge in [-0.15, -0.1) is 0 Å². The van der Waals surface area contributed by atoms with Gasteiger partial charge in [-0.05, 0) is 48.2 Å². The summed E-state index contributed by atoms with van der Waals surface area (Å²) >= 11 is 0. The van der Waals surface area contributed by atoms with E-state index in [0.717, 1.165) is 12.0 Å². The minimum Gasteiger partial charge on any atom is -0.354 e. The van der Waals surface area contributed by atoms with Crippen LogP contribution in [0.15, 0.2) is 89.8 Å². The number of sulfonamides is 1. The van der Waals surface area contributed by atoms with Crippen LogP contribution >= 0.6 is 0 Å². The molecule has 0 fully saturated rings. The molecule has 3 aromatic rings. The fourth-order valence-corrected chi connectivity index (χ4v) is 5.43. The second kappa shape index (κ2) is 14.6. The topological polar surface area (TPSA) is 86.8 Å². The van der Waals surface area contributed by atoms with E-state index in [1.165, 1.54) is 40.5 Å². The van der Waals surface area contributed by atoms with Gasteiger partial charge in [0.25, 0.3) is 0 Å². The predicted molar refractivity (Wildman–Crippen MR) is 150 cm³/mol. The molecule has 208 valence electrons. The molecule has 1 unspecified atom stereocenters. The molecule has 0 spiro atoms. The number of benzene rings is 3. The molecule has 1 N–H and O–H groups in total. The lowest BCUT2D eigenvalue weighted by Gasteiger charge is -2.32. The first kappa shape index (κ1) is 30.0. The molecule has 0 aromatic heterocycles. The molecule has 39 heavy (non-hydrogen) atoms. The summed E-state index contributed by atoms with van der Waals surface area (Å²) < 4.78 is 40.5. The summed E-state index contributed by atoms with van der Waals surface area (Å²) in [7, 11) is -2.20. The zero-order valence-electron chi connectivity index (χ0n) is 22.4. The molecule has 0 saturated carbocycles. The molecule has 7 nitrogen and oxygen atoms in total. The summed E-state index contributed by atoms with van der Waals surface area (Å²) in [5.74, 6) is -0.932. The second-order valence-corrected chi connectivity index (χ2v) is 11.4. The van der Waals surface area contributed by atoms with Gasteiger partial charge >= 0.3 is 0 Å². The molecule has 3 aromatic carbocycles. The molecule has 0 aliphatic heterocycles. The fraction of sp³-hybridized carbons (Fsp3) is 0.333. The van der Waals surface area contributed by atoms with E-state index in [1.54, 1.807) is 30.3 Å². The Morgan fingerprint density at radius 1 is 0.897 bits per heavy atom. The van der Waals surface area contributed by atoms with Gasteiger partial charge in [-0.2, -0.15) is 0 Å². The fourth-order valence-electron chi connectivity index (χ4n) is 4.20. The van der Waals surface area contributed by atoms with Gasteiger partial charge in [0.2, 0.25) is 21.8 Å². The van der Waals surface area contributed by atoms with Crippen molar-refractivity contribution in [3.05, 3.63) is 102 Å². The first-order valence-corrected chi connectivity index (χ1v) is 14.5. The van der Waals surface area contributed by atoms with Crippen LogP contribution in [0.2, 0.25) is 0 Å². The number of nitrogens with zero attached hydrogens (tertiary/aromatic N) is 2. The van der Waals surface area contributed by atoms with Crippen LogP contribution in [0.1, 0.15) is 37.3 Å². The SMILES string of the molecule is CCCNC(=O)C(Cc1ccccc1)N(Cc1ccc(F)cc1)C(=O)CCCN(C)S(=O)(=O)c1ccccc1. The van der Waals surface area contributed by atoms with Gasteiger partial charge in [0.1, 0.15) is 11.9 Å². The van der Waals surface area contributed by atoms with Gasteiger partial charge in [0, 0.05) is 39.5 Å². The van der Waals surface area contributed by atoms with Crippen LogP contribution in [0.5, 0.6) is 0 Å². The van der Waals surface area contributed by atoms with Crippen molar-refractivity contribution in [3.8, 4) is 0 Å². The highest BCUT2D eigenvalue weighted by molar-refractivity contribution is 7.89. The Hall–Kier alpha value is -3.56. The van der Waals surface area contributed by atoms with Crippen LogP contribution in [0, 0.1) is 5.82 Å². The molecule has 0 bridgehead atoms. The van der Waals surface area contributed by atoms with Gasteiger partial charge in [-0.3, -0.25) is 9.59 Å². The second-order valence-electron chi connectivity index (χ2n) is 9.39. The molecular formula is C30H36FN3O4S. The molecule has 0 radical (unpaired) electrons. The van der Waals surface area contributed by atoms with E-state index < -0.39 is 16.1 Å². The molecule has 3 rings (SSSR count). The first-order chi connectivity index (χ1) is 18.7. The molecule has 0 heterocycles. The van der Waals surface area contributed by atoms with E-state index >= 15 is 0 Å². The monoisotopic (exact) mass is 553 g/mol. The highest BCUT2D eigenvalue weighted by Crippen LogP contribution is 2.18. The Kier molecular flexibility index (Phi) is 11.2. The van der Waals surface area contributed by atoms with E-state index in [-0.39, 0.29) is 48.5 Å². The summed E-state index contributed by atoms with van der Waals surface area (Å²) in [6.45, 7) is 2.69. The van der Waals surface area contributed by atoms with Gasteiger partial charge in [-0.25, -0.2) is 17.1 Å². The Morgan fingerprint density at radius 3 is 2.13 bits per heavy atom. The van der Waals surface area contributed by atoms with Gasteiger partial charge in [0.05, 0.1) is 4.90 Å². The Bertz CT molecular complexity index is 1300. The third-order valence-electron chi connectivity index (χ3n) is 6.40. The molecule has 0 aliphatic rings. The zero-order valence-corrected chi connectivity index (χ0v) is 23.2. The third kappa shape index (κ3) is 8.73. The minimum atomic E-state index is -3.68. The van der Waals surface area contributed by atoms with Crippen molar-refractivity contribution in [1.29, 1.82) is 0 Å². The van der Waals surface area contributed by atoms with Crippen LogP contribution in [-0.2, 0) is 32.6 Å². The van der Waals surface area contributed by atoms with E-state index in [4.69, 9.17) is 0 Å². The van der Waals surface area contributed by atoms with Crippen LogP contribution in [0.4, 0.5) is 4.39 Å². The lowest BCUT2D eigenvalue weighted by Crippen LogP contribution is -2.50. The van der Waals surface area contributed by atoms with Crippen molar-refractivity contribution in [2.75, 3.05) is 20.1 Å². The molecule has 2 amide bonds. The van der Waals surface area contributed by atoms with Gasteiger partial charge < -0.3 is 10.2 Å². The Morgan fingerprint density at radius 2 is 1.51 bits per heavy atom. The van der Waals surface area contributed by atoms with Crippen molar-refractivity contribution in [2.45, 2.75) is 50.1 Å². The maximum absolute atomic E-state index is 13.6. The molecule has 0 aliphatic carbocycles. The minimum absolute atomic E-state index is 0.0438. The molecule has 1 atom stereocenters. The van der Waals surface area contributed by atoms with Crippen LogP contribution in [0.3, 0.4) is 0 Å². The largest absolute Gasteiger partial charge is 0.354 e. The van der Waals surface area contributed by atoms with Crippen molar-refractivity contribution in [2.24, 2.45) is 0 Å². The van der Waals surface area contributed by atoms with E-state index in [2.05, 4.69) is 5.32 Å². The van der Waals surface area contributed by atoms with Crippen molar-refractivity contribution < 1.29 is 22.4 Å². The smallest absolute Gasteiger partial charge is 0.243 e. The predicted octanol–water partition coefficient (Wildman–Crippen LogP) is 4.39. The van der Waals surface area contributed by atoms with Gasteiger partial charge in [0.15, 0.2) is 0 Å². The van der Waals surface area contributed by atoms with Crippen LogP contribution < -0.4 is 5.32 Å². The van der Waals surface area contributed by atoms with E-state index in [0.29, 0.717) is 18.5 Å². The lowest BCUT2D eigenvalue weighted by atomic mass is 10.0. The lowest BCUT2D eigenvalue weighted by molar-refractivity contribution is -0.141. The number of carbonyl (C=O) groups excluding carboxylic acids is 2. The number of carbonyl (C=O) groups is 2. The average molecular weight is 554 g/mol. The van der Waals surface area contributed by atoms with Crippen molar-refractivity contribution in [1.82, 2.24) is 14.5 Å². The quantitative estimate of drug-likeness (QED) is 0.321. The number of amides is 2. The standard InChI is InChI=1S/C30H36FN3O4S/c1-3-20-32-30(36)28(22-24-11-6-4-7-12-24)34(23-25-16-18-26(31)19-17-25)29(35)15-10-21-33(2)39(37,38)27-13-8-5-9-14-27/h4-9,11-14,16-19,28H,3,10,15,20-23H2,1-2H3,(H,32,36). The maximum atomic E-state index is 13.6. The summed E-state index contributed by atoms with van der Waals surface area (Å²) in [4.78, 5) is 28.7. The summed E-state index contributed by atoms with van der Waals surface area (Å²) in [6.07, 6.45) is 1.38. The number of hydrogen-bond acceptors (Lipinski definition) is 4. The van der Waals surface area contributed by atoms with Crippen molar-refractivity contribution >= 4 is 21.8 Å². The summed E-state index contributed by atoms with van der Waals surface area (Å²) in [5.41, 5.74) is 1.59. The Labute approximate surface area is 230 Å². The normalized spacial score (nSPS) is 12.2. The van der Waals surface area contributed by atoms with E-state index in [1.807, 2.05) is 37.3 Å². The molecule has 9 heteroatoms. The first-order valence-electron chi connectivity index (χ1n) is 13.1. The molecule has 0 saturated heterocycles. The van der Waals surface area contributed by atoms with Crippen molar-refractivity contribution in [3.63, 3.8) is 0 Å². The summed E-state index contributed by atoms with van der Waals surface area (Å²) in [6, 6.07) is 22.6. The Balaban J connectivity index is 1.80. The number of halogens is 1. The van der Waals surface area contributed by atoms with Crippen LogP contribution in [0.25, 0.3) is 0 Å². The third-order valence-corrected chi connectivity index (χ3v) is 8.27. The number of rotatable bonds is 14. The van der Waals surface area contributed by atoms with Gasteiger partial charge in [-0.1, -0.05) is 67.6 Å². The summed E-state index contributed by atoms with van der Waals surface area (Å²) in [5, 5.41) is 2.91. The highest BCUT2D eigenvalue weighted by Gasteiger charge is 2.30. The number of hydrogen-bond donors (Lipinski definition) is 1. The maximum Gasteiger partial charge on any atom is 0.243 e. The highest BCUT2D eigenvalue weighted by atomic mass is 32.2. The van der Waals surface area contributed by atoms with Crippen LogP contribution in [-0.4, -0.2) is 55.6 Å². The zero-order chi connectivity index (χ0) is 28.3. The average Bonchev–Trinajstić information content (AvgIpc) is 2.95.